The Bertz CT molecular complexity index is 1910. The van der Waals surface area contributed by atoms with E-state index >= 15 is 0 Å². The fraction of sp³-hybridized carbons (Fsp3) is 0.951. The zero-order valence-electron chi connectivity index (χ0n) is 65.3. The first-order valence-corrected chi connectivity index (χ1v) is 45.1. The number of unbranched alkanes of at least 4 members (excludes halogenated alkanes) is 53. The van der Waals surface area contributed by atoms with Gasteiger partial charge in [0.25, 0.3) is 0 Å². The minimum absolute atomic E-state index is 0.107. The number of aliphatic hydroxyl groups is 1. The van der Waals surface area contributed by atoms with Crippen LogP contribution >= 0.6 is 15.6 Å². The smallest absolute Gasteiger partial charge is 0.462 e. The van der Waals surface area contributed by atoms with Crippen molar-refractivity contribution < 1.29 is 80.2 Å². The van der Waals surface area contributed by atoms with Gasteiger partial charge in [0.05, 0.1) is 26.4 Å². The number of carbonyl (C=O) groups is 4. The van der Waals surface area contributed by atoms with Crippen molar-refractivity contribution in [1.82, 2.24) is 0 Å². The molecule has 0 radical (unpaired) electrons. The van der Waals surface area contributed by atoms with Gasteiger partial charge in [-0.25, -0.2) is 9.13 Å². The molecule has 0 heterocycles. The van der Waals surface area contributed by atoms with Gasteiger partial charge in [0.2, 0.25) is 0 Å². The van der Waals surface area contributed by atoms with E-state index in [2.05, 4.69) is 34.6 Å². The van der Waals surface area contributed by atoms with Crippen LogP contribution in [-0.2, 0) is 65.4 Å². The first kappa shape index (κ1) is 98.1. The molecule has 0 aromatic rings. The summed E-state index contributed by atoms with van der Waals surface area (Å²) in [7, 11) is -9.92. The van der Waals surface area contributed by atoms with Crippen molar-refractivity contribution in [3.05, 3.63) is 0 Å². The minimum atomic E-state index is -4.96. The van der Waals surface area contributed by atoms with E-state index in [9.17, 15) is 43.2 Å². The summed E-state index contributed by atoms with van der Waals surface area (Å²) >= 11 is 0. The van der Waals surface area contributed by atoms with Gasteiger partial charge < -0.3 is 33.8 Å². The highest BCUT2D eigenvalue weighted by Gasteiger charge is 2.30. The molecular formula is C81H158O17P2. The van der Waals surface area contributed by atoms with Crippen LogP contribution in [0.2, 0.25) is 0 Å². The molecule has 0 spiro atoms. The number of esters is 4. The molecule has 0 aliphatic heterocycles. The van der Waals surface area contributed by atoms with Crippen LogP contribution in [-0.4, -0.2) is 96.7 Å². The predicted molar refractivity (Wildman–Crippen MR) is 409 cm³/mol. The maximum atomic E-state index is 13.1. The minimum Gasteiger partial charge on any atom is -0.462 e. The molecule has 0 aromatic heterocycles. The molecule has 19 heteroatoms. The summed E-state index contributed by atoms with van der Waals surface area (Å²) in [6, 6.07) is 0. The molecule has 0 fully saturated rings. The van der Waals surface area contributed by atoms with E-state index in [0.29, 0.717) is 25.7 Å². The van der Waals surface area contributed by atoms with E-state index in [1.165, 1.54) is 257 Å². The maximum absolute atomic E-state index is 13.1. The summed E-state index contributed by atoms with van der Waals surface area (Å²) in [5.41, 5.74) is 0. The maximum Gasteiger partial charge on any atom is 0.472 e. The van der Waals surface area contributed by atoms with Crippen molar-refractivity contribution in [2.24, 2.45) is 5.92 Å². The van der Waals surface area contributed by atoms with E-state index in [4.69, 9.17) is 37.0 Å². The van der Waals surface area contributed by atoms with Crippen LogP contribution in [0, 0.1) is 5.92 Å². The van der Waals surface area contributed by atoms with Crippen LogP contribution in [0.3, 0.4) is 0 Å². The second kappa shape index (κ2) is 73.9. The number of hydrogen-bond acceptors (Lipinski definition) is 15. The van der Waals surface area contributed by atoms with Gasteiger partial charge in [-0.05, 0) is 31.6 Å². The van der Waals surface area contributed by atoms with Crippen LogP contribution in [0.4, 0.5) is 0 Å². The van der Waals surface area contributed by atoms with Gasteiger partial charge >= 0.3 is 39.5 Å². The van der Waals surface area contributed by atoms with Crippen LogP contribution in [0.1, 0.15) is 433 Å². The standard InChI is InChI=1S/C81H158O17P2/c1-6-9-12-15-18-21-24-26-28-29-30-31-32-33-35-37-41-46-51-56-61-66-80(85)97-77(71-92-79(84)65-60-55-50-45-40-36-34-27-25-22-19-16-13-10-7-2)73-96-100(89,90)94-69-75(82)68-93-99(87,88)95-72-76(70-91-78(83)64-59-54-49-44-23-20-17-14-11-8-3)98-81(86)67-62-57-52-47-42-38-39-43-48-53-58-63-74(4)5/h74-77,82H,6-73H2,1-5H3,(H,87,88)(H,89,90)/t75-,76+,77+/m0/s1. The van der Waals surface area contributed by atoms with Crippen LogP contribution in [0.15, 0.2) is 0 Å². The van der Waals surface area contributed by atoms with Gasteiger partial charge in [0.1, 0.15) is 19.3 Å². The Morgan fingerprint density at radius 2 is 0.460 bits per heavy atom. The van der Waals surface area contributed by atoms with E-state index in [0.717, 1.165) is 95.8 Å². The zero-order valence-corrected chi connectivity index (χ0v) is 67.1. The summed E-state index contributed by atoms with van der Waals surface area (Å²) in [5.74, 6) is -1.34. The monoisotopic (exact) mass is 1470 g/mol. The van der Waals surface area contributed by atoms with Crippen LogP contribution in [0.5, 0.6) is 0 Å². The Kier molecular flexibility index (Phi) is 72.5. The first-order chi connectivity index (χ1) is 48.5. The highest BCUT2D eigenvalue weighted by molar-refractivity contribution is 7.47. The van der Waals surface area contributed by atoms with Gasteiger partial charge in [-0.3, -0.25) is 37.3 Å². The average molecular weight is 1470 g/mol. The number of ether oxygens (including phenoxy) is 4. The molecule has 5 atom stereocenters. The highest BCUT2D eigenvalue weighted by Crippen LogP contribution is 2.45. The molecule has 0 aromatic carbocycles. The summed E-state index contributed by atoms with van der Waals surface area (Å²) in [6.45, 7) is 7.32. The van der Waals surface area contributed by atoms with E-state index in [1.54, 1.807) is 0 Å². The molecule has 17 nitrogen and oxygen atoms in total. The van der Waals surface area contributed by atoms with Crippen molar-refractivity contribution in [2.75, 3.05) is 39.6 Å². The Hall–Kier alpha value is -1.94. The average Bonchev–Trinajstić information content (AvgIpc) is 1.44. The molecule has 0 aliphatic rings. The lowest BCUT2D eigenvalue weighted by Crippen LogP contribution is -2.30. The van der Waals surface area contributed by atoms with Gasteiger partial charge in [0.15, 0.2) is 12.2 Å². The molecule has 3 N–H and O–H groups in total. The number of carbonyl (C=O) groups excluding carboxylic acids is 4. The van der Waals surface area contributed by atoms with Crippen molar-refractivity contribution in [3.8, 4) is 0 Å². The number of phosphoric ester groups is 2. The molecule has 0 bridgehead atoms. The molecule has 2 unspecified atom stereocenters. The quantitative estimate of drug-likeness (QED) is 0.0222. The van der Waals surface area contributed by atoms with E-state index < -0.39 is 97.5 Å². The van der Waals surface area contributed by atoms with Gasteiger partial charge in [-0.1, -0.05) is 381 Å². The van der Waals surface area contributed by atoms with Crippen LogP contribution < -0.4 is 0 Å². The SMILES string of the molecule is CCCCCCCCCCCCCCCCCCCCCCCC(=O)O[C@H](COC(=O)CCCCCCCCCCCCCCCCC)COP(=O)(O)OC[C@@H](O)COP(=O)(O)OC[C@@H](COC(=O)CCCCCCCCCCCC)OC(=O)CCCCCCCCCCCCCC(C)C. The number of phosphoric acid groups is 2. The summed E-state index contributed by atoms with van der Waals surface area (Å²) in [5, 5.41) is 10.6. The fourth-order valence-electron chi connectivity index (χ4n) is 12.6. The summed E-state index contributed by atoms with van der Waals surface area (Å²) in [4.78, 5) is 73.0. The van der Waals surface area contributed by atoms with E-state index in [1.807, 2.05) is 0 Å². The predicted octanol–water partition coefficient (Wildman–Crippen LogP) is 24.4. The van der Waals surface area contributed by atoms with Gasteiger partial charge in [-0.15, -0.1) is 0 Å². The second-order valence-corrected chi connectivity index (χ2v) is 32.5. The molecule has 0 saturated heterocycles. The Morgan fingerprint density at radius 3 is 0.680 bits per heavy atom. The van der Waals surface area contributed by atoms with Crippen molar-refractivity contribution in [1.29, 1.82) is 0 Å². The highest BCUT2D eigenvalue weighted by atomic mass is 31.2. The zero-order chi connectivity index (χ0) is 73.4. The number of aliphatic hydroxyl groups excluding tert-OH is 1. The molecule has 0 aliphatic carbocycles. The molecular weight excluding hydrogens is 1310 g/mol. The molecule has 0 amide bonds. The summed E-state index contributed by atoms with van der Waals surface area (Å²) in [6.07, 6.45) is 65.2. The fourth-order valence-corrected chi connectivity index (χ4v) is 14.2. The molecule has 594 valence electrons. The number of rotatable bonds is 81. The lowest BCUT2D eigenvalue weighted by molar-refractivity contribution is -0.161. The third kappa shape index (κ3) is 74.3. The second-order valence-electron chi connectivity index (χ2n) is 29.6. The topological polar surface area (TPSA) is 237 Å². The van der Waals surface area contributed by atoms with Crippen molar-refractivity contribution >= 4 is 39.5 Å². The first-order valence-electron chi connectivity index (χ1n) is 42.1. The third-order valence-electron chi connectivity index (χ3n) is 19.0. The van der Waals surface area contributed by atoms with Gasteiger partial charge in [-0.2, -0.15) is 0 Å². The molecule has 0 rings (SSSR count). The van der Waals surface area contributed by atoms with Crippen LogP contribution in [0.25, 0.3) is 0 Å². The lowest BCUT2D eigenvalue weighted by Gasteiger charge is -2.21. The van der Waals surface area contributed by atoms with Crippen molar-refractivity contribution in [3.63, 3.8) is 0 Å². The molecule has 100 heavy (non-hydrogen) atoms. The normalized spacial score (nSPS) is 13.8. The van der Waals surface area contributed by atoms with E-state index in [-0.39, 0.29) is 25.7 Å². The Morgan fingerprint density at radius 1 is 0.270 bits per heavy atom. The largest absolute Gasteiger partial charge is 0.472 e. The Labute approximate surface area is 613 Å². The Balaban J connectivity index is 5.21. The summed E-state index contributed by atoms with van der Waals surface area (Å²) < 4.78 is 68.7. The molecule has 0 saturated carbocycles. The number of hydrogen-bond donors (Lipinski definition) is 3. The van der Waals surface area contributed by atoms with Gasteiger partial charge in [0, 0.05) is 25.7 Å². The lowest BCUT2D eigenvalue weighted by atomic mass is 10.0. The van der Waals surface area contributed by atoms with Crippen molar-refractivity contribution in [2.45, 2.75) is 451 Å². The third-order valence-corrected chi connectivity index (χ3v) is 20.9.